The summed E-state index contributed by atoms with van der Waals surface area (Å²) in [6, 6.07) is 12.0. The summed E-state index contributed by atoms with van der Waals surface area (Å²) < 4.78 is 5.42. The van der Waals surface area contributed by atoms with Crippen molar-refractivity contribution in [2.45, 2.75) is 0 Å². The van der Waals surface area contributed by atoms with Gasteiger partial charge < -0.3 is 4.74 Å². The Hall–Kier alpha value is -2.21. The molecule has 0 atom stereocenters. The van der Waals surface area contributed by atoms with E-state index in [0.717, 1.165) is 16.7 Å². The van der Waals surface area contributed by atoms with Gasteiger partial charge in [0.15, 0.2) is 5.75 Å². The molecule has 1 aliphatic rings. The average Bonchev–Trinajstić information content (AvgIpc) is 2.88. The van der Waals surface area contributed by atoms with Crippen LogP contribution in [0.25, 0.3) is 6.08 Å². The van der Waals surface area contributed by atoms with Gasteiger partial charge in [0.25, 0.3) is 11.1 Å². The predicted octanol–water partition coefficient (Wildman–Crippen LogP) is 5.80. The van der Waals surface area contributed by atoms with E-state index in [1.807, 2.05) is 6.07 Å². The number of imide groups is 1. The quantitative estimate of drug-likeness (QED) is 0.465. The highest BCUT2D eigenvalue weighted by molar-refractivity contribution is 8.19. The van der Waals surface area contributed by atoms with E-state index in [2.05, 4.69) is 6.58 Å². The molecule has 0 bridgehead atoms. The van der Waals surface area contributed by atoms with Crippen molar-refractivity contribution in [3.8, 4) is 5.75 Å². The molecule has 26 heavy (non-hydrogen) atoms. The highest BCUT2D eigenvalue weighted by atomic mass is 35.5. The fourth-order valence-corrected chi connectivity index (χ4v) is 3.82. The van der Waals surface area contributed by atoms with E-state index >= 15 is 0 Å². The third kappa shape index (κ3) is 3.80. The Morgan fingerprint density at radius 1 is 1.12 bits per heavy atom. The molecule has 1 aliphatic heterocycles. The maximum atomic E-state index is 12.6. The molecule has 2 aromatic carbocycles. The first-order chi connectivity index (χ1) is 12.5. The summed E-state index contributed by atoms with van der Waals surface area (Å²) >= 11 is 13.3. The molecule has 1 saturated heterocycles. The van der Waals surface area contributed by atoms with Gasteiger partial charge in [-0.05, 0) is 47.7 Å². The van der Waals surface area contributed by atoms with Crippen LogP contribution >= 0.6 is 35.0 Å². The number of amides is 2. The first-order valence-electron chi connectivity index (χ1n) is 7.57. The van der Waals surface area contributed by atoms with Gasteiger partial charge in [-0.15, -0.1) is 0 Å². The first-order valence-corrected chi connectivity index (χ1v) is 9.14. The second-order valence-corrected chi connectivity index (χ2v) is 7.07. The monoisotopic (exact) mass is 405 g/mol. The first kappa shape index (κ1) is 18.6. The fourth-order valence-electron chi connectivity index (χ4n) is 2.36. The summed E-state index contributed by atoms with van der Waals surface area (Å²) in [7, 11) is 0. The number of thioether (sulfide) groups is 1. The molecule has 0 spiro atoms. The third-order valence-electron chi connectivity index (χ3n) is 3.47. The number of carbonyl (C=O) groups excluding carboxylic acids is 2. The molecule has 132 valence electrons. The number of hydrogen-bond acceptors (Lipinski definition) is 4. The number of hydrogen-bond donors (Lipinski definition) is 0. The molecule has 0 N–H and O–H groups in total. The number of para-hydroxylation sites is 1. The summed E-state index contributed by atoms with van der Waals surface area (Å²) in [6.45, 7) is 3.84. The van der Waals surface area contributed by atoms with Crippen molar-refractivity contribution in [1.82, 2.24) is 0 Å². The van der Waals surface area contributed by atoms with Crippen LogP contribution in [-0.2, 0) is 4.79 Å². The van der Waals surface area contributed by atoms with Crippen LogP contribution in [0.5, 0.6) is 5.75 Å². The van der Waals surface area contributed by atoms with Crippen molar-refractivity contribution in [2.24, 2.45) is 0 Å². The number of carbonyl (C=O) groups is 2. The van der Waals surface area contributed by atoms with E-state index in [9.17, 15) is 9.59 Å². The molecule has 1 fully saturated rings. The highest BCUT2D eigenvalue weighted by Crippen LogP contribution is 2.38. The Morgan fingerprint density at radius 3 is 2.38 bits per heavy atom. The molecule has 4 nitrogen and oxygen atoms in total. The van der Waals surface area contributed by atoms with Gasteiger partial charge in [-0.25, -0.2) is 4.90 Å². The lowest BCUT2D eigenvalue weighted by molar-refractivity contribution is -0.113. The van der Waals surface area contributed by atoms with Crippen LogP contribution in [0, 0.1) is 0 Å². The lowest BCUT2D eigenvalue weighted by Crippen LogP contribution is -2.27. The van der Waals surface area contributed by atoms with E-state index in [1.54, 1.807) is 48.6 Å². The van der Waals surface area contributed by atoms with Crippen molar-refractivity contribution in [3.05, 3.63) is 75.6 Å². The van der Waals surface area contributed by atoms with Gasteiger partial charge in [0.05, 0.1) is 20.6 Å². The maximum Gasteiger partial charge on any atom is 0.298 e. The third-order valence-corrected chi connectivity index (χ3v) is 4.90. The molecule has 2 aromatic rings. The minimum Gasteiger partial charge on any atom is -0.486 e. The molecular weight excluding hydrogens is 393 g/mol. The Balaban J connectivity index is 1.90. The van der Waals surface area contributed by atoms with Gasteiger partial charge in [0, 0.05) is 0 Å². The van der Waals surface area contributed by atoms with Gasteiger partial charge in [-0.3, -0.25) is 9.59 Å². The van der Waals surface area contributed by atoms with E-state index in [-0.39, 0.29) is 17.8 Å². The summed E-state index contributed by atoms with van der Waals surface area (Å²) in [5, 5.41) is 0.274. The van der Waals surface area contributed by atoms with Gasteiger partial charge >= 0.3 is 0 Å². The Morgan fingerprint density at radius 2 is 1.77 bits per heavy atom. The minimum atomic E-state index is -0.384. The largest absolute Gasteiger partial charge is 0.486 e. The standard InChI is InChI=1S/C19H13Cl2NO3S/c1-2-8-25-17-14(20)9-12(10-15(17)21)11-16-18(23)22(19(24)26-16)13-6-4-3-5-7-13/h2-7,9-11H,1,8H2/b16-11-. The Bertz CT molecular complexity index is 889. The number of halogens is 2. The van der Waals surface area contributed by atoms with Crippen LogP contribution in [0.4, 0.5) is 10.5 Å². The van der Waals surface area contributed by atoms with Gasteiger partial charge in [0.2, 0.25) is 0 Å². The number of rotatable bonds is 5. The molecule has 0 unspecified atom stereocenters. The van der Waals surface area contributed by atoms with Crippen LogP contribution in [0.3, 0.4) is 0 Å². The Kier molecular flexibility index (Phi) is 5.71. The van der Waals surface area contributed by atoms with Crippen molar-refractivity contribution < 1.29 is 14.3 Å². The number of nitrogens with zero attached hydrogens (tertiary/aromatic N) is 1. The molecular formula is C19H13Cl2NO3S. The molecule has 0 radical (unpaired) electrons. The minimum absolute atomic E-state index is 0.273. The zero-order chi connectivity index (χ0) is 18.7. The second-order valence-electron chi connectivity index (χ2n) is 5.27. The number of anilines is 1. The lowest BCUT2D eigenvalue weighted by atomic mass is 10.2. The summed E-state index contributed by atoms with van der Waals surface area (Å²) in [5.74, 6) is -0.0341. The smallest absolute Gasteiger partial charge is 0.298 e. The molecule has 0 aromatic heterocycles. The van der Waals surface area contributed by atoms with E-state index < -0.39 is 0 Å². The Labute approximate surface area is 165 Å². The zero-order valence-corrected chi connectivity index (χ0v) is 15.8. The molecule has 0 saturated carbocycles. The van der Waals surface area contributed by atoms with E-state index in [4.69, 9.17) is 27.9 Å². The normalized spacial score (nSPS) is 15.6. The topological polar surface area (TPSA) is 46.6 Å². The van der Waals surface area contributed by atoms with Crippen LogP contribution in [-0.4, -0.2) is 17.8 Å². The fraction of sp³-hybridized carbons (Fsp3) is 0.0526. The maximum absolute atomic E-state index is 12.6. The van der Waals surface area contributed by atoms with Crippen LogP contribution in [0.2, 0.25) is 10.0 Å². The zero-order valence-electron chi connectivity index (χ0n) is 13.4. The molecule has 0 aliphatic carbocycles. The lowest BCUT2D eigenvalue weighted by Gasteiger charge is -2.11. The van der Waals surface area contributed by atoms with E-state index in [0.29, 0.717) is 32.0 Å². The summed E-state index contributed by atoms with van der Waals surface area (Å²) in [5.41, 5.74) is 1.13. The summed E-state index contributed by atoms with van der Waals surface area (Å²) in [6.07, 6.45) is 3.17. The highest BCUT2D eigenvalue weighted by Gasteiger charge is 2.36. The number of benzene rings is 2. The van der Waals surface area contributed by atoms with Crippen molar-refractivity contribution in [2.75, 3.05) is 11.5 Å². The van der Waals surface area contributed by atoms with Gasteiger partial charge in [0.1, 0.15) is 6.61 Å². The number of ether oxygens (including phenoxy) is 1. The van der Waals surface area contributed by atoms with E-state index in [1.165, 1.54) is 0 Å². The van der Waals surface area contributed by atoms with Crippen LogP contribution in [0.15, 0.2) is 60.0 Å². The average molecular weight is 406 g/mol. The molecule has 7 heteroatoms. The predicted molar refractivity (Wildman–Crippen MR) is 107 cm³/mol. The van der Waals surface area contributed by atoms with Crippen LogP contribution < -0.4 is 9.64 Å². The van der Waals surface area contributed by atoms with Gasteiger partial charge in [-0.2, -0.15) is 0 Å². The van der Waals surface area contributed by atoms with Gasteiger partial charge in [-0.1, -0.05) is 54.1 Å². The summed E-state index contributed by atoms with van der Waals surface area (Å²) in [4.78, 5) is 26.3. The molecule has 2 amide bonds. The molecule has 3 rings (SSSR count). The van der Waals surface area contributed by atoms with Crippen molar-refractivity contribution >= 4 is 57.9 Å². The second kappa shape index (κ2) is 7.99. The molecule has 1 heterocycles. The van der Waals surface area contributed by atoms with Crippen molar-refractivity contribution in [3.63, 3.8) is 0 Å². The SMILES string of the molecule is C=CCOc1c(Cl)cc(/C=C2\SC(=O)N(c3ccccc3)C2=O)cc1Cl. The van der Waals surface area contributed by atoms with Crippen LogP contribution in [0.1, 0.15) is 5.56 Å². The van der Waals surface area contributed by atoms with Crippen molar-refractivity contribution in [1.29, 1.82) is 0 Å².